The predicted octanol–water partition coefficient (Wildman–Crippen LogP) is 1.30. The highest BCUT2D eigenvalue weighted by atomic mass is 16.5. The first-order valence-corrected chi connectivity index (χ1v) is 8.67. The van der Waals surface area contributed by atoms with Gasteiger partial charge in [0.1, 0.15) is 6.10 Å². The molecule has 1 N–H and O–H groups in total. The number of ether oxygens (including phenoxy) is 1. The highest BCUT2D eigenvalue weighted by molar-refractivity contribution is 5.81. The number of anilines is 1. The number of aryl methyl sites for hydroxylation is 1. The minimum atomic E-state index is -0.271. The minimum absolute atomic E-state index is 0.0768. The molecule has 1 amide bonds. The van der Waals surface area contributed by atoms with E-state index < -0.39 is 0 Å². The Kier molecular flexibility index (Phi) is 3.93. The van der Waals surface area contributed by atoms with E-state index >= 15 is 0 Å². The van der Waals surface area contributed by atoms with E-state index in [2.05, 4.69) is 20.4 Å². The Bertz CT molecular complexity index is 572. The molecule has 1 aliphatic carbocycles. The second-order valence-corrected chi connectivity index (χ2v) is 7.12. The third kappa shape index (κ3) is 3.32. The molecule has 1 saturated carbocycles. The van der Waals surface area contributed by atoms with Crippen molar-refractivity contribution in [2.45, 2.75) is 44.8 Å². The lowest BCUT2D eigenvalue weighted by Crippen LogP contribution is -2.43. The number of amides is 1. The van der Waals surface area contributed by atoms with Crippen LogP contribution >= 0.6 is 0 Å². The molecular formula is C17H24N4O2. The van der Waals surface area contributed by atoms with E-state index in [1.165, 1.54) is 12.8 Å². The smallest absolute Gasteiger partial charge is 0.249 e. The van der Waals surface area contributed by atoms with E-state index in [0.29, 0.717) is 11.8 Å². The van der Waals surface area contributed by atoms with Gasteiger partial charge in [-0.05, 0) is 56.6 Å². The standard InChI is InChI=1S/C17H24N4O2/c1-11-2-5-16(20-19-11)21-7-6-13-8-14(23-15(13)10-21)17(22)18-9-12-3-4-12/h2,5,12-15H,3-4,6-10H2,1H3,(H,18,22)/t13-,14+,15+/m1/s1. The average molecular weight is 316 g/mol. The molecule has 124 valence electrons. The molecular weight excluding hydrogens is 292 g/mol. The van der Waals surface area contributed by atoms with Gasteiger partial charge in [-0.2, -0.15) is 5.10 Å². The number of carbonyl (C=O) groups is 1. The van der Waals surface area contributed by atoms with Crippen LogP contribution in [-0.2, 0) is 9.53 Å². The van der Waals surface area contributed by atoms with Crippen LogP contribution in [0.25, 0.3) is 0 Å². The number of rotatable bonds is 4. The Morgan fingerprint density at radius 1 is 1.35 bits per heavy atom. The molecule has 0 bridgehead atoms. The van der Waals surface area contributed by atoms with Crippen LogP contribution in [0.4, 0.5) is 5.82 Å². The van der Waals surface area contributed by atoms with Crippen molar-refractivity contribution in [3.8, 4) is 0 Å². The Hall–Kier alpha value is -1.69. The van der Waals surface area contributed by atoms with Crippen LogP contribution in [0, 0.1) is 18.8 Å². The number of hydrogen-bond acceptors (Lipinski definition) is 5. The van der Waals surface area contributed by atoms with Gasteiger partial charge in [-0.1, -0.05) is 0 Å². The van der Waals surface area contributed by atoms with Crippen LogP contribution in [0.2, 0.25) is 0 Å². The zero-order valence-corrected chi connectivity index (χ0v) is 13.6. The quantitative estimate of drug-likeness (QED) is 0.907. The summed E-state index contributed by atoms with van der Waals surface area (Å²) in [6.07, 6.45) is 4.27. The number of nitrogens with one attached hydrogen (secondary N) is 1. The first-order chi connectivity index (χ1) is 11.2. The van der Waals surface area contributed by atoms with Gasteiger partial charge < -0.3 is 15.0 Å². The van der Waals surface area contributed by atoms with Gasteiger partial charge in [0.15, 0.2) is 5.82 Å². The van der Waals surface area contributed by atoms with Gasteiger partial charge in [-0.3, -0.25) is 4.79 Å². The van der Waals surface area contributed by atoms with Crippen molar-refractivity contribution >= 4 is 11.7 Å². The van der Waals surface area contributed by atoms with Crippen molar-refractivity contribution < 1.29 is 9.53 Å². The molecule has 0 spiro atoms. The molecule has 0 radical (unpaired) electrons. The van der Waals surface area contributed by atoms with Gasteiger partial charge >= 0.3 is 0 Å². The molecule has 0 unspecified atom stereocenters. The summed E-state index contributed by atoms with van der Waals surface area (Å²) in [5.74, 6) is 2.17. The molecule has 23 heavy (non-hydrogen) atoms. The lowest BCUT2D eigenvalue weighted by atomic mass is 9.91. The number of hydrogen-bond donors (Lipinski definition) is 1. The van der Waals surface area contributed by atoms with Crippen LogP contribution < -0.4 is 10.2 Å². The van der Waals surface area contributed by atoms with Crippen LogP contribution in [0.3, 0.4) is 0 Å². The lowest BCUT2D eigenvalue weighted by molar-refractivity contribution is -0.132. The normalized spacial score (nSPS) is 30.1. The third-order valence-electron chi connectivity index (χ3n) is 5.21. The van der Waals surface area contributed by atoms with Crippen LogP contribution in [-0.4, -0.2) is 47.9 Å². The molecule has 2 aliphatic heterocycles. The highest BCUT2D eigenvalue weighted by Crippen LogP contribution is 2.34. The Balaban J connectivity index is 1.34. The number of fused-ring (bicyclic) bond motifs is 1. The fraction of sp³-hybridized carbons (Fsp3) is 0.706. The van der Waals surface area contributed by atoms with E-state index in [-0.39, 0.29) is 18.1 Å². The second-order valence-electron chi connectivity index (χ2n) is 7.12. The monoisotopic (exact) mass is 316 g/mol. The van der Waals surface area contributed by atoms with Gasteiger partial charge in [0.2, 0.25) is 5.91 Å². The Morgan fingerprint density at radius 3 is 2.96 bits per heavy atom. The van der Waals surface area contributed by atoms with Crippen molar-refractivity contribution in [1.82, 2.24) is 15.5 Å². The van der Waals surface area contributed by atoms with Crippen molar-refractivity contribution in [3.63, 3.8) is 0 Å². The van der Waals surface area contributed by atoms with Gasteiger partial charge in [-0.15, -0.1) is 5.10 Å². The summed E-state index contributed by atoms with van der Waals surface area (Å²) in [5.41, 5.74) is 0.924. The van der Waals surface area contributed by atoms with E-state index in [4.69, 9.17) is 4.74 Å². The predicted molar refractivity (Wildman–Crippen MR) is 86.1 cm³/mol. The summed E-state index contributed by atoms with van der Waals surface area (Å²) in [4.78, 5) is 14.5. The third-order valence-corrected chi connectivity index (χ3v) is 5.21. The maximum absolute atomic E-state index is 12.2. The van der Waals surface area contributed by atoms with Crippen molar-refractivity contribution in [3.05, 3.63) is 17.8 Å². The van der Waals surface area contributed by atoms with Gasteiger partial charge in [0, 0.05) is 19.6 Å². The zero-order valence-electron chi connectivity index (χ0n) is 13.6. The summed E-state index contributed by atoms with van der Waals surface area (Å²) in [6.45, 7) is 4.51. The zero-order chi connectivity index (χ0) is 15.8. The summed E-state index contributed by atoms with van der Waals surface area (Å²) in [7, 11) is 0. The molecule has 3 fully saturated rings. The molecule has 6 heteroatoms. The van der Waals surface area contributed by atoms with E-state index in [1.54, 1.807) is 0 Å². The van der Waals surface area contributed by atoms with Crippen LogP contribution in [0.15, 0.2) is 12.1 Å². The highest BCUT2D eigenvalue weighted by Gasteiger charge is 2.42. The Labute approximate surface area is 136 Å². The van der Waals surface area contributed by atoms with Crippen LogP contribution in [0.5, 0.6) is 0 Å². The first-order valence-electron chi connectivity index (χ1n) is 8.67. The van der Waals surface area contributed by atoms with Crippen LogP contribution in [0.1, 0.15) is 31.4 Å². The molecule has 3 heterocycles. The molecule has 2 saturated heterocycles. The number of carbonyl (C=O) groups excluding carboxylic acids is 1. The largest absolute Gasteiger partial charge is 0.363 e. The maximum Gasteiger partial charge on any atom is 0.249 e. The topological polar surface area (TPSA) is 67.4 Å². The minimum Gasteiger partial charge on any atom is -0.363 e. The lowest BCUT2D eigenvalue weighted by Gasteiger charge is -2.34. The fourth-order valence-corrected chi connectivity index (χ4v) is 3.55. The van der Waals surface area contributed by atoms with E-state index in [1.807, 2.05) is 19.1 Å². The van der Waals surface area contributed by atoms with Gasteiger partial charge in [-0.25, -0.2) is 0 Å². The van der Waals surface area contributed by atoms with Crippen molar-refractivity contribution in [2.24, 2.45) is 11.8 Å². The van der Waals surface area contributed by atoms with Gasteiger partial charge in [0.05, 0.1) is 11.8 Å². The summed E-state index contributed by atoms with van der Waals surface area (Å²) < 4.78 is 6.05. The van der Waals surface area contributed by atoms with E-state index in [9.17, 15) is 4.79 Å². The summed E-state index contributed by atoms with van der Waals surface area (Å²) in [6, 6.07) is 4.00. The fourth-order valence-electron chi connectivity index (χ4n) is 3.55. The summed E-state index contributed by atoms with van der Waals surface area (Å²) >= 11 is 0. The summed E-state index contributed by atoms with van der Waals surface area (Å²) in [5, 5.41) is 11.4. The SMILES string of the molecule is Cc1ccc(N2CC[C@@H]3C[C@@H](C(=O)NCC4CC4)O[C@H]3C2)nn1. The van der Waals surface area contributed by atoms with Crippen molar-refractivity contribution in [1.29, 1.82) is 0 Å². The maximum atomic E-state index is 12.2. The molecule has 0 aromatic carbocycles. The number of piperidine rings is 1. The number of nitrogens with zero attached hydrogens (tertiary/aromatic N) is 3. The molecule has 6 nitrogen and oxygen atoms in total. The molecule has 4 rings (SSSR count). The Morgan fingerprint density at radius 2 is 2.22 bits per heavy atom. The van der Waals surface area contributed by atoms with Crippen molar-refractivity contribution in [2.75, 3.05) is 24.5 Å². The molecule has 1 aromatic heterocycles. The first kappa shape index (κ1) is 14.9. The number of aromatic nitrogens is 2. The van der Waals surface area contributed by atoms with E-state index in [0.717, 1.165) is 44.0 Å². The second kappa shape index (κ2) is 6.07. The van der Waals surface area contributed by atoms with Gasteiger partial charge in [0.25, 0.3) is 0 Å². The molecule has 3 atom stereocenters. The average Bonchev–Trinajstić information content (AvgIpc) is 3.29. The molecule has 3 aliphatic rings. The molecule has 1 aromatic rings.